The molecule has 29 heavy (non-hydrogen) atoms. The Bertz CT molecular complexity index is 954. The number of benzene rings is 2. The first-order chi connectivity index (χ1) is 13.6. The number of amides is 1. The van der Waals surface area contributed by atoms with Crippen molar-refractivity contribution < 1.29 is 14.5 Å². The third-order valence-corrected chi connectivity index (χ3v) is 4.63. The Hall–Kier alpha value is -3.13. The maximum Gasteiger partial charge on any atom is 0.414 e. The van der Waals surface area contributed by atoms with Gasteiger partial charge >= 0.3 is 6.09 Å². The molecule has 0 spiro atoms. The Morgan fingerprint density at radius 2 is 1.97 bits per heavy atom. The second kappa shape index (κ2) is 8.08. The monoisotopic (exact) mass is 416 g/mol. The van der Waals surface area contributed by atoms with Crippen molar-refractivity contribution in [3.8, 4) is 5.75 Å². The van der Waals surface area contributed by atoms with Crippen molar-refractivity contribution in [3.63, 3.8) is 0 Å². The number of nitro groups is 1. The van der Waals surface area contributed by atoms with Crippen LogP contribution in [0, 0.1) is 15.5 Å². The number of hydrazone groups is 1. The Morgan fingerprint density at radius 1 is 1.28 bits per heavy atom. The summed E-state index contributed by atoms with van der Waals surface area (Å²) in [4.78, 5) is 22.6. The van der Waals surface area contributed by atoms with Crippen molar-refractivity contribution in [2.75, 3.05) is 5.01 Å². The third-order valence-electron chi connectivity index (χ3n) is 4.39. The van der Waals surface area contributed by atoms with Crippen molar-refractivity contribution in [1.29, 1.82) is 0 Å². The van der Waals surface area contributed by atoms with E-state index in [0.717, 1.165) is 11.4 Å². The number of carbonyl (C=O) groups is 1. The highest BCUT2D eigenvalue weighted by Gasteiger charge is 2.34. The molecule has 1 aliphatic heterocycles. The number of rotatable bonds is 4. The smallest absolute Gasteiger partial charge is 0.410 e. The minimum atomic E-state index is -0.679. The van der Waals surface area contributed by atoms with Gasteiger partial charge < -0.3 is 4.74 Å². The van der Waals surface area contributed by atoms with E-state index in [1.165, 1.54) is 24.3 Å². The largest absolute Gasteiger partial charge is 0.414 e. The fourth-order valence-corrected chi connectivity index (χ4v) is 3.03. The number of non-ortho nitro benzene ring substituents is 1. The van der Waals surface area contributed by atoms with E-state index in [2.05, 4.69) is 31.2 Å². The molecule has 1 amide bonds. The Labute approximate surface area is 173 Å². The van der Waals surface area contributed by atoms with E-state index in [4.69, 9.17) is 16.3 Å². The molecule has 1 heterocycles. The van der Waals surface area contributed by atoms with E-state index in [-0.39, 0.29) is 16.9 Å². The van der Waals surface area contributed by atoms with Crippen LogP contribution in [0.25, 0.3) is 0 Å². The van der Waals surface area contributed by atoms with Gasteiger partial charge in [0, 0.05) is 34.7 Å². The molecule has 1 aliphatic rings. The fourth-order valence-electron chi connectivity index (χ4n) is 2.84. The van der Waals surface area contributed by atoms with Crippen LogP contribution in [-0.2, 0) is 0 Å². The lowest BCUT2D eigenvalue weighted by Crippen LogP contribution is -2.45. The minimum Gasteiger partial charge on any atom is -0.410 e. The van der Waals surface area contributed by atoms with Crippen LogP contribution in [0.4, 0.5) is 16.2 Å². The van der Waals surface area contributed by atoms with Crippen LogP contribution in [0.2, 0.25) is 5.02 Å². The van der Waals surface area contributed by atoms with Gasteiger partial charge in [0.25, 0.3) is 5.69 Å². The van der Waals surface area contributed by atoms with Gasteiger partial charge in [-0.1, -0.05) is 38.4 Å². The third kappa shape index (κ3) is 5.03. The second-order valence-corrected chi connectivity index (χ2v) is 8.06. The number of carbonyl (C=O) groups excluding carboxylic acids is 1. The molecule has 0 aromatic heterocycles. The molecule has 0 fully saturated rings. The van der Waals surface area contributed by atoms with Gasteiger partial charge in [-0.25, -0.2) is 9.80 Å². The highest BCUT2D eigenvalue weighted by molar-refractivity contribution is 6.30. The van der Waals surface area contributed by atoms with Gasteiger partial charge in [-0.05, 0) is 30.3 Å². The zero-order chi connectivity index (χ0) is 21.2. The van der Waals surface area contributed by atoms with Crippen LogP contribution in [0.1, 0.15) is 27.2 Å². The van der Waals surface area contributed by atoms with Crippen molar-refractivity contribution in [1.82, 2.24) is 5.32 Å². The van der Waals surface area contributed by atoms with E-state index >= 15 is 0 Å². The molecule has 1 unspecified atom stereocenters. The molecule has 1 atom stereocenters. The number of ether oxygens (including phenoxy) is 1. The summed E-state index contributed by atoms with van der Waals surface area (Å²) in [5, 5.41) is 20.5. The zero-order valence-electron chi connectivity index (χ0n) is 16.3. The SMILES string of the molecule is CC(C)(C)C1=NN(c2cccc(Cl)c2)C(NC(=O)Oc2ccc([N+](=O)[O-])cc2)C1. The maximum atomic E-state index is 12.4. The van der Waals surface area contributed by atoms with Gasteiger partial charge in [-0.15, -0.1) is 0 Å². The van der Waals surface area contributed by atoms with Crippen LogP contribution in [0.3, 0.4) is 0 Å². The molecule has 1 N–H and O–H groups in total. The van der Waals surface area contributed by atoms with Crippen molar-refractivity contribution in [2.45, 2.75) is 33.4 Å². The zero-order valence-corrected chi connectivity index (χ0v) is 17.0. The molecule has 0 bridgehead atoms. The number of hydrogen-bond acceptors (Lipinski definition) is 6. The van der Waals surface area contributed by atoms with Crippen molar-refractivity contribution in [2.24, 2.45) is 10.5 Å². The maximum absolute atomic E-state index is 12.4. The predicted molar refractivity (Wildman–Crippen MR) is 111 cm³/mol. The summed E-state index contributed by atoms with van der Waals surface area (Å²) in [6.45, 7) is 6.17. The van der Waals surface area contributed by atoms with Gasteiger partial charge in [0.15, 0.2) is 0 Å². The van der Waals surface area contributed by atoms with E-state index in [1.807, 2.05) is 12.1 Å². The first-order valence-electron chi connectivity index (χ1n) is 8.99. The summed E-state index contributed by atoms with van der Waals surface area (Å²) in [6.07, 6.45) is -0.611. The minimum absolute atomic E-state index is 0.0797. The molecule has 8 nitrogen and oxygen atoms in total. The number of nitro benzene ring substituents is 1. The molecule has 0 aliphatic carbocycles. The second-order valence-electron chi connectivity index (χ2n) is 7.63. The van der Waals surface area contributed by atoms with Gasteiger partial charge in [0.2, 0.25) is 0 Å². The molecule has 3 rings (SSSR count). The standard InChI is InChI=1S/C20H21ClN4O4/c1-20(2,3)17-12-18(24(23-17)15-6-4-5-13(21)11-15)22-19(26)29-16-9-7-14(8-10-16)25(27)28/h4-11,18H,12H2,1-3H3,(H,22,26). The molecule has 0 radical (unpaired) electrons. The van der Waals surface area contributed by atoms with Gasteiger partial charge in [-0.2, -0.15) is 5.10 Å². The topological polar surface area (TPSA) is 97.1 Å². The van der Waals surface area contributed by atoms with Crippen LogP contribution in [0.5, 0.6) is 5.75 Å². The normalized spacial score (nSPS) is 16.3. The number of anilines is 1. The molecule has 2 aromatic carbocycles. The average Bonchev–Trinajstić information content (AvgIpc) is 3.06. The van der Waals surface area contributed by atoms with E-state index < -0.39 is 17.2 Å². The summed E-state index contributed by atoms with van der Waals surface area (Å²) in [5.74, 6) is 0.206. The Morgan fingerprint density at radius 3 is 2.55 bits per heavy atom. The van der Waals surface area contributed by atoms with Crippen molar-refractivity contribution >= 4 is 34.8 Å². The molecule has 9 heteroatoms. The Kier molecular flexibility index (Phi) is 5.74. The van der Waals surface area contributed by atoms with E-state index in [0.29, 0.717) is 11.4 Å². The van der Waals surface area contributed by atoms with Gasteiger partial charge in [0.05, 0.1) is 10.6 Å². The molecular weight excluding hydrogens is 396 g/mol. The molecule has 152 valence electrons. The number of halogens is 1. The van der Waals surface area contributed by atoms with Crippen LogP contribution < -0.4 is 15.1 Å². The quantitative estimate of drug-likeness (QED) is 0.560. The molecule has 0 saturated heterocycles. The highest BCUT2D eigenvalue weighted by atomic mass is 35.5. The lowest BCUT2D eigenvalue weighted by atomic mass is 9.88. The first kappa shape index (κ1) is 20.6. The van der Waals surface area contributed by atoms with Crippen LogP contribution in [-0.4, -0.2) is 22.9 Å². The van der Waals surface area contributed by atoms with Crippen LogP contribution in [0.15, 0.2) is 53.6 Å². The lowest BCUT2D eigenvalue weighted by Gasteiger charge is -2.24. The van der Waals surface area contributed by atoms with Gasteiger partial charge in [-0.3, -0.25) is 15.4 Å². The molecular formula is C20H21ClN4O4. The summed E-state index contributed by atoms with van der Waals surface area (Å²) in [6, 6.07) is 12.5. The lowest BCUT2D eigenvalue weighted by molar-refractivity contribution is -0.384. The predicted octanol–water partition coefficient (Wildman–Crippen LogP) is 4.98. The Balaban J connectivity index is 1.75. The van der Waals surface area contributed by atoms with Gasteiger partial charge in [0.1, 0.15) is 11.9 Å². The first-order valence-corrected chi connectivity index (χ1v) is 9.37. The summed E-state index contributed by atoms with van der Waals surface area (Å²) in [5.41, 5.74) is 1.43. The molecule has 0 saturated carbocycles. The van der Waals surface area contributed by atoms with E-state index in [9.17, 15) is 14.9 Å². The summed E-state index contributed by atoms with van der Waals surface area (Å²) < 4.78 is 5.26. The summed E-state index contributed by atoms with van der Waals surface area (Å²) >= 11 is 6.11. The van der Waals surface area contributed by atoms with Crippen LogP contribution >= 0.6 is 11.6 Å². The summed E-state index contributed by atoms with van der Waals surface area (Å²) in [7, 11) is 0. The van der Waals surface area contributed by atoms with E-state index in [1.54, 1.807) is 17.1 Å². The number of nitrogens with one attached hydrogen (secondary N) is 1. The number of nitrogens with zero attached hydrogens (tertiary/aromatic N) is 3. The van der Waals surface area contributed by atoms with Crippen molar-refractivity contribution in [3.05, 3.63) is 63.7 Å². The number of hydrogen-bond donors (Lipinski definition) is 1. The fraction of sp³-hybridized carbons (Fsp3) is 0.300. The average molecular weight is 417 g/mol. The highest BCUT2D eigenvalue weighted by Crippen LogP contribution is 2.31. The molecule has 2 aromatic rings.